The van der Waals surface area contributed by atoms with Gasteiger partial charge in [-0.15, -0.1) is 5.10 Å². The number of thiazole rings is 1. The Morgan fingerprint density at radius 3 is 2.69 bits per heavy atom. The van der Waals surface area contributed by atoms with E-state index in [0.717, 1.165) is 48.9 Å². The van der Waals surface area contributed by atoms with E-state index in [4.69, 9.17) is 27.4 Å². The number of fused-ring (bicyclic) bond motifs is 1. The Bertz CT molecular complexity index is 937. The summed E-state index contributed by atoms with van der Waals surface area (Å²) in [6.07, 6.45) is 0. The van der Waals surface area contributed by atoms with Crippen LogP contribution in [0.3, 0.4) is 0 Å². The molecule has 0 bridgehead atoms. The van der Waals surface area contributed by atoms with E-state index in [1.807, 2.05) is 36.4 Å². The van der Waals surface area contributed by atoms with Gasteiger partial charge in [-0.3, -0.25) is 5.14 Å². The summed E-state index contributed by atoms with van der Waals surface area (Å²) in [6, 6.07) is 11.8. The number of hydrazine groups is 1. The van der Waals surface area contributed by atoms with E-state index in [2.05, 4.69) is 16.0 Å². The van der Waals surface area contributed by atoms with E-state index < -0.39 is 0 Å². The van der Waals surface area contributed by atoms with Crippen molar-refractivity contribution in [2.24, 2.45) is 27.6 Å². The van der Waals surface area contributed by atoms with Crippen LogP contribution in [0, 0.1) is 0 Å². The molecule has 0 spiro atoms. The molecule has 10 N–H and O–H groups in total. The molecule has 26 heavy (non-hydrogen) atoms. The number of nitrogens with one attached hydrogen (secondary N) is 2. The fourth-order valence-corrected chi connectivity index (χ4v) is 4.07. The summed E-state index contributed by atoms with van der Waals surface area (Å²) in [5.41, 5.74) is 17.4. The molecule has 0 saturated heterocycles. The number of para-hydroxylation sites is 1. The van der Waals surface area contributed by atoms with Crippen LogP contribution in [0.15, 0.2) is 46.4 Å². The molecule has 10 heteroatoms. The Kier molecular flexibility index (Phi) is 5.91. The maximum absolute atomic E-state index is 6.13. The van der Waals surface area contributed by atoms with Gasteiger partial charge in [-0.1, -0.05) is 35.6 Å². The maximum atomic E-state index is 6.13. The Morgan fingerprint density at radius 2 is 1.96 bits per heavy atom. The standard InChI is InChI=1S/C16H20N8S2/c17-7-8-21-16-22-14-10(4-2-6-12(14)25-16)9-3-1-5-11(26-20)13(9)15(18)23-24-19/h1-6,24H,7-8,17,19-20H2,(H2,18,23)(H,21,22). The van der Waals surface area contributed by atoms with E-state index in [0.29, 0.717) is 13.1 Å². The molecule has 1 aromatic heterocycles. The van der Waals surface area contributed by atoms with Crippen LogP contribution in [0.2, 0.25) is 0 Å². The fourth-order valence-electron chi connectivity index (χ4n) is 2.66. The molecule has 8 nitrogen and oxygen atoms in total. The van der Waals surface area contributed by atoms with Gasteiger partial charge in [0.05, 0.1) is 10.2 Å². The van der Waals surface area contributed by atoms with Gasteiger partial charge in [0.15, 0.2) is 11.0 Å². The first-order chi connectivity index (χ1) is 12.7. The highest BCUT2D eigenvalue weighted by Crippen LogP contribution is 2.37. The second-order valence-electron chi connectivity index (χ2n) is 5.31. The number of hydrazone groups is 1. The zero-order chi connectivity index (χ0) is 18.5. The summed E-state index contributed by atoms with van der Waals surface area (Å²) in [5, 5.41) is 13.8. The molecule has 0 atom stereocenters. The third-order valence-electron chi connectivity index (χ3n) is 3.72. The van der Waals surface area contributed by atoms with Crippen molar-refractivity contribution in [3.05, 3.63) is 42.0 Å². The van der Waals surface area contributed by atoms with E-state index in [1.165, 1.54) is 0 Å². The lowest BCUT2D eigenvalue weighted by molar-refractivity contribution is 0.803. The number of amidine groups is 1. The third-order valence-corrected chi connectivity index (χ3v) is 5.30. The van der Waals surface area contributed by atoms with Crippen LogP contribution in [0.4, 0.5) is 5.13 Å². The second-order valence-corrected chi connectivity index (χ2v) is 7.02. The number of nitrogens with zero attached hydrogens (tertiary/aromatic N) is 2. The molecule has 0 aliphatic heterocycles. The molecule has 0 saturated carbocycles. The number of aromatic nitrogens is 1. The first-order valence-corrected chi connectivity index (χ1v) is 9.52. The molecule has 3 rings (SSSR count). The minimum atomic E-state index is 0.254. The van der Waals surface area contributed by atoms with Gasteiger partial charge in [0.25, 0.3) is 0 Å². The lowest BCUT2D eigenvalue weighted by Gasteiger charge is -2.13. The molecule has 0 aliphatic carbocycles. The lowest BCUT2D eigenvalue weighted by Crippen LogP contribution is -2.24. The minimum Gasteiger partial charge on any atom is -0.382 e. The first kappa shape index (κ1) is 18.4. The summed E-state index contributed by atoms with van der Waals surface area (Å²) in [5.74, 6) is 5.56. The van der Waals surface area contributed by atoms with Crippen molar-refractivity contribution in [3.8, 4) is 11.1 Å². The number of hydrogen-bond acceptors (Lipinski definition) is 9. The molecular formula is C16H20N8S2. The van der Waals surface area contributed by atoms with Gasteiger partial charge in [0.2, 0.25) is 0 Å². The van der Waals surface area contributed by atoms with E-state index in [-0.39, 0.29) is 5.84 Å². The van der Waals surface area contributed by atoms with Crippen LogP contribution in [-0.4, -0.2) is 23.9 Å². The van der Waals surface area contributed by atoms with Gasteiger partial charge in [-0.05, 0) is 29.6 Å². The Morgan fingerprint density at radius 1 is 1.19 bits per heavy atom. The maximum Gasteiger partial charge on any atom is 0.183 e. The summed E-state index contributed by atoms with van der Waals surface area (Å²) >= 11 is 2.69. The first-order valence-electron chi connectivity index (χ1n) is 7.82. The lowest BCUT2D eigenvalue weighted by atomic mass is 9.98. The predicted octanol–water partition coefficient (Wildman–Crippen LogP) is 1.38. The number of anilines is 1. The summed E-state index contributed by atoms with van der Waals surface area (Å²) in [4.78, 5) is 5.52. The Labute approximate surface area is 159 Å². The van der Waals surface area contributed by atoms with Crippen molar-refractivity contribution in [3.63, 3.8) is 0 Å². The zero-order valence-corrected chi connectivity index (χ0v) is 15.5. The van der Waals surface area contributed by atoms with Crippen LogP contribution in [0.5, 0.6) is 0 Å². The van der Waals surface area contributed by atoms with Crippen molar-refractivity contribution in [2.45, 2.75) is 4.90 Å². The molecule has 0 aliphatic rings. The zero-order valence-electron chi connectivity index (χ0n) is 13.9. The quantitative estimate of drug-likeness (QED) is 0.117. The van der Waals surface area contributed by atoms with Crippen LogP contribution in [-0.2, 0) is 0 Å². The molecule has 0 radical (unpaired) electrons. The SMILES string of the molecule is NCCNc1nc2c(-c3cccc(SN)c3/C(N)=N/NN)cccc2s1. The highest BCUT2D eigenvalue weighted by atomic mass is 32.2. The van der Waals surface area contributed by atoms with Crippen LogP contribution in [0.25, 0.3) is 21.3 Å². The van der Waals surface area contributed by atoms with Gasteiger partial charge in [-0.25, -0.2) is 16.4 Å². The monoisotopic (exact) mass is 388 g/mol. The minimum absolute atomic E-state index is 0.254. The topological polar surface area (TPSA) is 153 Å². The highest BCUT2D eigenvalue weighted by Gasteiger charge is 2.17. The summed E-state index contributed by atoms with van der Waals surface area (Å²) < 4.78 is 1.06. The van der Waals surface area contributed by atoms with Gasteiger partial charge in [0.1, 0.15) is 0 Å². The van der Waals surface area contributed by atoms with Crippen LogP contribution < -0.4 is 33.3 Å². The van der Waals surface area contributed by atoms with Gasteiger partial charge < -0.3 is 16.8 Å². The van der Waals surface area contributed by atoms with Crippen molar-refractivity contribution in [1.29, 1.82) is 0 Å². The van der Waals surface area contributed by atoms with Gasteiger partial charge in [0, 0.05) is 29.1 Å². The van der Waals surface area contributed by atoms with Gasteiger partial charge in [-0.2, -0.15) is 0 Å². The van der Waals surface area contributed by atoms with E-state index >= 15 is 0 Å². The van der Waals surface area contributed by atoms with Gasteiger partial charge >= 0.3 is 0 Å². The largest absolute Gasteiger partial charge is 0.382 e. The highest BCUT2D eigenvalue weighted by molar-refractivity contribution is 7.97. The van der Waals surface area contributed by atoms with Crippen LogP contribution >= 0.6 is 23.3 Å². The average Bonchev–Trinajstić information content (AvgIpc) is 3.08. The molecule has 0 fully saturated rings. The second kappa shape index (κ2) is 8.34. The average molecular weight is 389 g/mol. The summed E-state index contributed by atoms with van der Waals surface area (Å²) in [7, 11) is 0. The molecule has 3 aromatic rings. The summed E-state index contributed by atoms with van der Waals surface area (Å²) in [6.45, 7) is 1.21. The number of rotatable bonds is 7. The van der Waals surface area contributed by atoms with Crippen molar-refractivity contribution < 1.29 is 0 Å². The molecule has 136 valence electrons. The molecule has 0 unspecified atom stereocenters. The molecule has 2 aromatic carbocycles. The van der Waals surface area contributed by atoms with Crippen LogP contribution in [0.1, 0.15) is 5.56 Å². The number of nitrogens with two attached hydrogens (primary N) is 4. The smallest absolute Gasteiger partial charge is 0.183 e. The third kappa shape index (κ3) is 3.59. The number of benzene rings is 2. The number of hydrogen-bond donors (Lipinski definition) is 6. The predicted molar refractivity (Wildman–Crippen MR) is 111 cm³/mol. The Hall–Kier alpha value is -2.37. The molecule has 0 amide bonds. The van der Waals surface area contributed by atoms with E-state index in [1.54, 1.807) is 11.3 Å². The molecule has 1 heterocycles. The normalized spacial score (nSPS) is 11.7. The van der Waals surface area contributed by atoms with Crippen molar-refractivity contribution >= 4 is 44.5 Å². The van der Waals surface area contributed by atoms with Crippen molar-refractivity contribution in [1.82, 2.24) is 10.5 Å². The van der Waals surface area contributed by atoms with E-state index in [9.17, 15) is 0 Å². The fraction of sp³-hybridized carbons (Fsp3) is 0.125. The van der Waals surface area contributed by atoms with Crippen molar-refractivity contribution in [2.75, 3.05) is 18.4 Å². The Balaban J connectivity index is 2.20. The molecular weight excluding hydrogens is 368 g/mol.